The van der Waals surface area contributed by atoms with Gasteiger partial charge in [0.2, 0.25) is 0 Å². The number of nitrogens with one attached hydrogen (secondary N) is 2. The molecule has 1 aliphatic rings. The van der Waals surface area contributed by atoms with Crippen molar-refractivity contribution >= 4 is 12.0 Å². The minimum absolute atomic E-state index is 0.0730. The van der Waals surface area contributed by atoms with Crippen LogP contribution in [-0.2, 0) is 9.53 Å². The number of hydrogen-bond acceptors (Lipinski definition) is 4. The first-order valence-electron chi connectivity index (χ1n) is 6.48. The minimum Gasteiger partial charge on any atom is -0.481 e. The van der Waals surface area contributed by atoms with E-state index in [1.807, 2.05) is 0 Å². The van der Waals surface area contributed by atoms with Crippen LogP contribution in [0.1, 0.15) is 32.1 Å². The molecule has 1 unspecified atom stereocenters. The lowest BCUT2D eigenvalue weighted by Gasteiger charge is -2.26. The maximum Gasteiger partial charge on any atom is 0.315 e. The standard InChI is InChI=1S/C12H22N2O5/c1-19-10(6-11(16)17)7-13-12(18)14-8-2-4-9(15)5-3-8/h8-10,15H,2-7H2,1H3,(H,16,17)(H2,13,14,18). The number of aliphatic hydroxyl groups excluding tert-OH is 1. The lowest BCUT2D eigenvalue weighted by Crippen LogP contribution is -2.46. The van der Waals surface area contributed by atoms with Crippen LogP contribution in [0.4, 0.5) is 4.79 Å². The lowest BCUT2D eigenvalue weighted by molar-refractivity contribution is -0.139. The average molecular weight is 274 g/mol. The van der Waals surface area contributed by atoms with Crippen molar-refractivity contribution in [1.82, 2.24) is 10.6 Å². The molecule has 19 heavy (non-hydrogen) atoms. The Kier molecular flexibility index (Phi) is 6.58. The zero-order chi connectivity index (χ0) is 14.3. The zero-order valence-electron chi connectivity index (χ0n) is 11.1. The van der Waals surface area contributed by atoms with Crippen molar-refractivity contribution in [2.45, 2.75) is 50.4 Å². The largest absolute Gasteiger partial charge is 0.481 e. The summed E-state index contributed by atoms with van der Waals surface area (Å²) >= 11 is 0. The van der Waals surface area contributed by atoms with Crippen molar-refractivity contribution < 1.29 is 24.5 Å². The predicted molar refractivity (Wildman–Crippen MR) is 67.8 cm³/mol. The molecular formula is C12H22N2O5. The molecule has 0 aromatic carbocycles. The number of carboxylic acid groups (broad SMARTS) is 1. The first-order valence-corrected chi connectivity index (χ1v) is 6.48. The van der Waals surface area contributed by atoms with Crippen molar-refractivity contribution in [3.8, 4) is 0 Å². The Labute approximate surface area is 112 Å². The van der Waals surface area contributed by atoms with Gasteiger partial charge in [-0.25, -0.2) is 4.79 Å². The molecule has 0 aromatic heterocycles. The molecule has 4 N–H and O–H groups in total. The molecule has 0 saturated heterocycles. The number of amides is 2. The van der Waals surface area contributed by atoms with Crippen LogP contribution < -0.4 is 10.6 Å². The van der Waals surface area contributed by atoms with Gasteiger partial charge < -0.3 is 25.6 Å². The number of aliphatic hydroxyl groups is 1. The molecule has 1 aliphatic carbocycles. The smallest absolute Gasteiger partial charge is 0.315 e. The summed E-state index contributed by atoms with van der Waals surface area (Å²) in [5.41, 5.74) is 0. The SMILES string of the molecule is COC(CNC(=O)NC1CCC(O)CC1)CC(=O)O. The van der Waals surface area contributed by atoms with E-state index < -0.39 is 12.1 Å². The topological polar surface area (TPSA) is 108 Å². The molecule has 0 heterocycles. The maximum absolute atomic E-state index is 11.6. The maximum atomic E-state index is 11.6. The second kappa shape index (κ2) is 7.96. The normalized spacial score (nSPS) is 24.5. The van der Waals surface area contributed by atoms with Crippen LogP contribution in [0.3, 0.4) is 0 Å². The Balaban J connectivity index is 2.21. The third-order valence-electron chi connectivity index (χ3n) is 3.26. The number of carbonyl (C=O) groups is 2. The van der Waals surface area contributed by atoms with Crippen LogP contribution >= 0.6 is 0 Å². The third kappa shape index (κ3) is 6.40. The van der Waals surface area contributed by atoms with Gasteiger partial charge in [0.05, 0.1) is 18.6 Å². The average Bonchev–Trinajstić information content (AvgIpc) is 2.37. The van der Waals surface area contributed by atoms with Crippen LogP contribution in [0.5, 0.6) is 0 Å². The van der Waals surface area contributed by atoms with E-state index in [4.69, 9.17) is 9.84 Å². The lowest BCUT2D eigenvalue weighted by atomic mass is 9.93. The summed E-state index contributed by atoms with van der Waals surface area (Å²) in [6.07, 6.45) is 1.99. The fourth-order valence-corrected chi connectivity index (χ4v) is 2.10. The van der Waals surface area contributed by atoms with Crippen molar-refractivity contribution in [2.75, 3.05) is 13.7 Å². The zero-order valence-corrected chi connectivity index (χ0v) is 11.1. The number of hydrogen-bond donors (Lipinski definition) is 4. The Morgan fingerprint density at radius 2 is 1.95 bits per heavy atom. The Morgan fingerprint density at radius 1 is 1.32 bits per heavy atom. The van der Waals surface area contributed by atoms with Crippen LogP contribution in [0.2, 0.25) is 0 Å². The van der Waals surface area contributed by atoms with Crippen molar-refractivity contribution in [3.63, 3.8) is 0 Å². The van der Waals surface area contributed by atoms with Gasteiger partial charge in [0.25, 0.3) is 0 Å². The molecule has 0 radical (unpaired) electrons. The first-order chi connectivity index (χ1) is 9.01. The molecule has 7 heteroatoms. The fraction of sp³-hybridized carbons (Fsp3) is 0.833. The number of ether oxygens (including phenoxy) is 1. The molecule has 2 amide bonds. The summed E-state index contributed by atoms with van der Waals surface area (Å²) in [7, 11) is 1.41. The van der Waals surface area contributed by atoms with E-state index in [-0.39, 0.29) is 31.1 Å². The van der Waals surface area contributed by atoms with Gasteiger partial charge in [0.1, 0.15) is 0 Å². The van der Waals surface area contributed by atoms with Gasteiger partial charge in [-0.05, 0) is 25.7 Å². The van der Waals surface area contributed by atoms with Gasteiger partial charge in [-0.15, -0.1) is 0 Å². The van der Waals surface area contributed by atoms with Gasteiger partial charge >= 0.3 is 12.0 Å². The second-order valence-corrected chi connectivity index (χ2v) is 4.82. The first kappa shape index (κ1) is 15.7. The Hall–Kier alpha value is -1.34. The van der Waals surface area contributed by atoms with E-state index in [2.05, 4.69) is 10.6 Å². The molecule has 0 aliphatic heterocycles. The number of rotatable bonds is 6. The number of carboxylic acids is 1. The van der Waals surface area contributed by atoms with Crippen molar-refractivity contribution in [3.05, 3.63) is 0 Å². The molecule has 7 nitrogen and oxygen atoms in total. The van der Waals surface area contributed by atoms with E-state index in [9.17, 15) is 14.7 Å². The van der Waals surface area contributed by atoms with Crippen LogP contribution in [0, 0.1) is 0 Å². The molecule has 1 rings (SSSR count). The van der Waals surface area contributed by atoms with E-state index in [1.165, 1.54) is 7.11 Å². The van der Waals surface area contributed by atoms with Crippen LogP contribution in [-0.4, -0.2) is 54.1 Å². The van der Waals surface area contributed by atoms with E-state index in [1.54, 1.807) is 0 Å². The molecule has 1 atom stereocenters. The third-order valence-corrected chi connectivity index (χ3v) is 3.26. The highest BCUT2D eigenvalue weighted by Gasteiger charge is 2.21. The van der Waals surface area contributed by atoms with Gasteiger partial charge in [0, 0.05) is 19.7 Å². The second-order valence-electron chi connectivity index (χ2n) is 4.82. The van der Waals surface area contributed by atoms with Gasteiger partial charge in [-0.3, -0.25) is 4.79 Å². The molecule has 0 bridgehead atoms. The van der Waals surface area contributed by atoms with Crippen LogP contribution in [0.15, 0.2) is 0 Å². The molecule has 1 fully saturated rings. The summed E-state index contributed by atoms with van der Waals surface area (Å²) in [5.74, 6) is -0.963. The Bertz CT molecular complexity index is 302. The van der Waals surface area contributed by atoms with Gasteiger partial charge in [0.15, 0.2) is 0 Å². The van der Waals surface area contributed by atoms with E-state index in [0.717, 1.165) is 12.8 Å². The molecule has 110 valence electrons. The van der Waals surface area contributed by atoms with E-state index >= 15 is 0 Å². The number of aliphatic carboxylic acids is 1. The van der Waals surface area contributed by atoms with Crippen molar-refractivity contribution in [2.24, 2.45) is 0 Å². The monoisotopic (exact) mass is 274 g/mol. The highest BCUT2D eigenvalue weighted by molar-refractivity contribution is 5.74. The number of urea groups is 1. The molecule has 1 saturated carbocycles. The highest BCUT2D eigenvalue weighted by Crippen LogP contribution is 2.17. The minimum atomic E-state index is -0.963. The summed E-state index contributed by atoms with van der Waals surface area (Å²) in [6.45, 7) is 0.157. The predicted octanol–water partition coefficient (Wildman–Crippen LogP) is 0.0788. The van der Waals surface area contributed by atoms with Gasteiger partial charge in [-0.1, -0.05) is 0 Å². The van der Waals surface area contributed by atoms with E-state index in [0.29, 0.717) is 12.8 Å². The highest BCUT2D eigenvalue weighted by atomic mass is 16.5. The van der Waals surface area contributed by atoms with Crippen LogP contribution in [0.25, 0.3) is 0 Å². The van der Waals surface area contributed by atoms with Gasteiger partial charge in [-0.2, -0.15) is 0 Å². The summed E-state index contributed by atoms with van der Waals surface area (Å²) < 4.78 is 4.96. The fourth-order valence-electron chi connectivity index (χ4n) is 2.10. The summed E-state index contributed by atoms with van der Waals surface area (Å²) in [4.78, 5) is 22.1. The molecule has 0 aromatic rings. The summed E-state index contributed by atoms with van der Waals surface area (Å²) in [5, 5.41) is 23.4. The van der Waals surface area contributed by atoms with Crippen molar-refractivity contribution in [1.29, 1.82) is 0 Å². The summed E-state index contributed by atoms with van der Waals surface area (Å²) in [6, 6.07) is -0.252. The molecular weight excluding hydrogens is 252 g/mol. The number of carbonyl (C=O) groups excluding carboxylic acids is 1. The molecule has 0 spiro atoms. The number of methoxy groups -OCH3 is 1. The quantitative estimate of drug-likeness (QED) is 0.548. The Morgan fingerprint density at radius 3 is 2.47 bits per heavy atom.